The van der Waals surface area contributed by atoms with Crippen molar-refractivity contribution in [2.24, 2.45) is 4.99 Å². The highest BCUT2D eigenvalue weighted by molar-refractivity contribution is 6.03. The molecule has 3 heterocycles. The van der Waals surface area contributed by atoms with Gasteiger partial charge >= 0.3 is 0 Å². The third-order valence-corrected chi connectivity index (χ3v) is 5.91. The summed E-state index contributed by atoms with van der Waals surface area (Å²) < 4.78 is 0. The maximum absolute atomic E-state index is 12.0. The van der Waals surface area contributed by atoms with Crippen LogP contribution in [0.1, 0.15) is 28.5 Å². The van der Waals surface area contributed by atoms with Crippen molar-refractivity contribution < 1.29 is 4.79 Å². The molecule has 1 fully saturated rings. The summed E-state index contributed by atoms with van der Waals surface area (Å²) in [5.41, 5.74) is 6.37. The molecular weight excluding hydrogens is 414 g/mol. The molecule has 170 valence electrons. The number of H-pyrrole nitrogens is 1. The number of anilines is 1. The van der Waals surface area contributed by atoms with Crippen LogP contribution in [0.4, 0.5) is 11.4 Å². The molecular formula is C25H29N7O. The number of hydrogen-bond acceptors (Lipinski definition) is 6. The van der Waals surface area contributed by atoms with E-state index in [9.17, 15) is 4.79 Å². The van der Waals surface area contributed by atoms with Crippen molar-refractivity contribution in [1.29, 1.82) is 0 Å². The Morgan fingerprint density at radius 1 is 1.15 bits per heavy atom. The highest BCUT2D eigenvalue weighted by Gasteiger charge is 2.17. The summed E-state index contributed by atoms with van der Waals surface area (Å²) in [7, 11) is 3.75. The van der Waals surface area contributed by atoms with Gasteiger partial charge in [0.25, 0.3) is 5.91 Å². The number of carbonyl (C=O) groups excluding carboxylic acids is 1. The lowest BCUT2D eigenvalue weighted by Gasteiger charge is -2.34. The minimum atomic E-state index is -0.187. The second kappa shape index (κ2) is 9.79. The number of rotatable bonds is 6. The number of aromatic amines is 1. The average molecular weight is 444 g/mol. The number of hydrogen-bond donors (Lipinski definition) is 2. The van der Waals surface area contributed by atoms with Crippen LogP contribution in [0, 0.1) is 0 Å². The van der Waals surface area contributed by atoms with Crippen LogP contribution >= 0.6 is 0 Å². The molecule has 2 N–H and O–H groups in total. The van der Waals surface area contributed by atoms with Gasteiger partial charge in [-0.15, -0.1) is 0 Å². The van der Waals surface area contributed by atoms with Crippen molar-refractivity contribution >= 4 is 29.1 Å². The second-order valence-corrected chi connectivity index (χ2v) is 8.11. The molecule has 0 spiro atoms. The molecule has 2 aromatic heterocycles. The lowest BCUT2D eigenvalue weighted by molar-refractivity contribution is 0.0962. The number of piperazine rings is 1. The largest absolute Gasteiger partial charge is 0.369 e. The molecule has 1 saturated heterocycles. The Hall–Kier alpha value is -3.78. The molecule has 0 bridgehead atoms. The van der Waals surface area contributed by atoms with E-state index in [1.165, 1.54) is 11.9 Å². The van der Waals surface area contributed by atoms with Crippen LogP contribution in [0.25, 0.3) is 17.3 Å². The van der Waals surface area contributed by atoms with Crippen LogP contribution in [0.3, 0.4) is 0 Å². The minimum absolute atomic E-state index is 0.187. The summed E-state index contributed by atoms with van der Waals surface area (Å²) in [6, 6.07) is 10.2. The van der Waals surface area contributed by atoms with Crippen molar-refractivity contribution in [3.63, 3.8) is 0 Å². The van der Waals surface area contributed by atoms with Gasteiger partial charge in [0.15, 0.2) is 0 Å². The standard InChI is InChI=1S/C25H29N7O/c1-5-22-24(28-17(2)19-14-20(16-27-15-19)25(33)26-3)23(30-29-22)18-6-8-21(9-7-18)32-12-10-31(4)11-13-32/h5-9,14-16H,1,10-13H2,2-4H3,(H,26,33)(H,29,30)/b28-17+. The third-order valence-electron chi connectivity index (χ3n) is 5.91. The molecule has 0 saturated carbocycles. The first-order chi connectivity index (χ1) is 16.0. The molecule has 1 amide bonds. The zero-order valence-corrected chi connectivity index (χ0v) is 19.3. The highest BCUT2D eigenvalue weighted by atomic mass is 16.1. The SMILES string of the molecule is C=Cc1[nH]nc(-c2ccc(N3CCN(C)CC3)cc2)c1/N=C(\C)c1cncc(C(=O)NC)c1. The Balaban J connectivity index is 1.64. The van der Waals surface area contributed by atoms with Crippen molar-refractivity contribution in [3.05, 3.63) is 66.1 Å². The zero-order chi connectivity index (χ0) is 23.4. The Labute approximate surface area is 194 Å². The Bertz CT molecular complexity index is 1170. The number of nitrogens with zero attached hydrogens (tertiary/aromatic N) is 5. The maximum atomic E-state index is 12.0. The van der Waals surface area contributed by atoms with E-state index in [1.807, 2.05) is 6.92 Å². The second-order valence-electron chi connectivity index (χ2n) is 8.11. The zero-order valence-electron chi connectivity index (χ0n) is 19.3. The van der Waals surface area contributed by atoms with Gasteiger partial charge in [0.05, 0.1) is 11.3 Å². The molecule has 8 heteroatoms. The number of aromatic nitrogens is 3. The fraction of sp³-hybridized carbons (Fsp3) is 0.280. The molecule has 1 aliphatic rings. The van der Waals surface area contributed by atoms with Gasteiger partial charge in [-0.25, -0.2) is 4.99 Å². The van der Waals surface area contributed by atoms with E-state index < -0.39 is 0 Å². The van der Waals surface area contributed by atoms with Crippen LogP contribution in [0.2, 0.25) is 0 Å². The lowest BCUT2D eigenvalue weighted by atomic mass is 10.1. The number of aliphatic imine (C=N–C) groups is 1. The van der Waals surface area contributed by atoms with Crippen LogP contribution < -0.4 is 10.2 Å². The van der Waals surface area contributed by atoms with Crippen LogP contribution in [-0.4, -0.2) is 72.0 Å². The smallest absolute Gasteiger partial charge is 0.252 e. The van der Waals surface area contributed by atoms with E-state index in [1.54, 1.807) is 25.4 Å². The summed E-state index contributed by atoms with van der Waals surface area (Å²) in [5, 5.41) is 10.2. The third kappa shape index (κ3) is 4.85. The molecule has 0 atom stereocenters. The van der Waals surface area contributed by atoms with Gasteiger partial charge in [-0.2, -0.15) is 5.10 Å². The normalized spacial score (nSPS) is 14.9. The van der Waals surface area contributed by atoms with E-state index in [4.69, 9.17) is 4.99 Å². The number of carbonyl (C=O) groups is 1. The van der Waals surface area contributed by atoms with E-state index in [-0.39, 0.29) is 5.91 Å². The van der Waals surface area contributed by atoms with E-state index in [0.29, 0.717) is 11.3 Å². The molecule has 33 heavy (non-hydrogen) atoms. The maximum Gasteiger partial charge on any atom is 0.252 e. The molecule has 8 nitrogen and oxygen atoms in total. The minimum Gasteiger partial charge on any atom is -0.369 e. The van der Waals surface area contributed by atoms with Gasteiger partial charge in [-0.05, 0) is 38.2 Å². The number of likely N-dealkylation sites (N-methyl/N-ethyl adjacent to an activating group) is 1. The summed E-state index contributed by atoms with van der Waals surface area (Å²) in [4.78, 5) is 25.8. The summed E-state index contributed by atoms with van der Waals surface area (Å²) in [5.74, 6) is -0.187. The first-order valence-electron chi connectivity index (χ1n) is 11.0. The highest BCUT2D eigenvalue weighted by Crippen LogP contribution is 2.33. The van der Waals surface area contributed by atoms with Gasteiger partial charge in [-0.1, -0.05) is 18.7 Å². The van der Waals surface area contributed by atoms with Crippen molar-refractivity contribution in [2.45, 2.75) is 6.92 Å². The Morgan fingerprint density at radius 3 is 2.52 bits per heavy atom. The van der Waals surface area contributed by atoms with Crippen molar-refractivity contribution in [2.75, 3.05) is 45.2 Å². The molecule has 3 aromatic rings. The van der Waals surface area contributed by atoms with E-state index >= 15 is 0 Å². The van der Waals surface area contributed by atoms with E-state index in [2.05, 4.69) is 68.2 Å². The number of pyridine rings is 1. The summed E-state index contributed by atoms with van der Waals surface area (Å²) in [6.45, 7) is 9.97. The number of benzene rings is 1. The van der Waals surface area contributed by atoms with Gasteiger partial charge < -0.3 is 15.1 Å². The predicted octanol–water partition coefficient (Wildman–Crippen LogP) is 3.37. The Morgan fingerprint density at radius 2 is 1.85 bits per heavy atom. The summed E-state index contributed by atoms with van der Waals surface area (Å²) in [6.07, 6.45) is 4.94. The Kier molecular flexibility index (Phi) is 6.65. The number of nitrogens with one attached hydrogen (secondary N) is 2. The molecule has 0 aliphatic carbocycles. The van der Waals surface area contributed by atoms with Crippen LogP contribution in [0.15, 0.2) is 54.3 Å². The quantitative estimate of drug-likeness (QED) is 0.570. The molecule has 4 rings (SSSR count). The fourth-order valence-corrected chi connectivity index (χ4v) is 3.84. The topological polar surface area (TPSA) is 89.5 Å². The molecule has 1 aliphatic heterocycles. The lowest BCUT2D eigenvalue weighted by Crippen LogP contribution is -2.44. The molecule has 0 radical (unpaired) electrons. The van der Waals surface area contributed by atoms with Gasteiger partial charge in [0, 0.05) is 68.1 Å². The predicted molar refractivity (Wildman–Crippen MR) is 133 cm³/mol. The fourth-order valence-electron chi connectivity index (χ4n) is 3.84. The van der Waals surface area contributed by atoms with E-state index in [0.717, 1.165) is 54.4 Å². The van der Waals surface area contributed by atoms with Crippen molar-refractivity contribution in [1.82, 2.24) is 25.4 Å². The van der Waals surface area contributed by atoms with Crippen LogP contribution in [-0.2, 0) is 0 Å². The van der Waals surface area contributed by atoms with Crippen LogP contribution in [0.5, 0.6) is 0 Å². The summed E-state index contributed by atoms with van der Waals surface area (Å²) >= 11 is 0. The number of amides is 1. The molecule has 1 aromatic carbocycles. The first kappa shape index (κ1) is 22.4. The molecule has 0 unspecified atom stereocenters. The monoisotopic (exact) mass is 443 g/mol. The van der Waals surface area contributed by atoms with Gasteiger partial charge in [0.2, 0.25) is 0 Å². The average Bonchev–Trinajstić information content (AvgIpc) is 3.26. The van der Waals surface area contributed by atoms with Gasteiger partial charge in [-0.3, -0.25) is 14.9 Å². The first-order valence-corrected chi connectivity index (χ1v) is 11.0. The van der Waals surface area contributed by atoms with Gasteiger partial charge in [0.1, 0.15) is 11.4 Å². The van der Waals surface area contributed by atoms with Crippen molar-refractivity contribution in [3.8, 4) is 11.3 Å².